The maximum atomic E-state index is 4.94. The molecule has 0 amide bonds. The summed E-state index contributed by atoms with van der Waals surface area (Å²) in [6.45, 7) is 19.7. The second-order valence-corrected chi connectivity index (χ2v) is 21.2. The number of hydrogen-bond donors (Lipinski definition) is 0. The molecule has 4 nitrogen and oxygen atoms in total. The summed E-state index contributed by atoms with van der Waals surface area (Å²) in [5, 5.41) is 0. The van der Waals surface area contributed by atoms with Gasteiger partial charge in [0.15, 0.2) is 0 Å². The van der Waals surface area contributed by atoms with E-state index in [4.69, 9.17) is 26.5 Å². The molecule has 0 aromatic heterocycles. The molecule has 0 atom stereocenters. The molecule has 0 aliphatic carbocycles. The van der Waals surface area contributed by atoms with Crippen LogP contribution in [0.4, 0.5) is 0 Å². The van der Waals surface area contributed by atoms with Gasteiger partial charge < -0.3 is 19.4 Å². The van der Waals surface area contributed by atoms with Crippen LogP contribution >= 0.6 is 17.0 Å². The Labute approximate surface area is 183 Å². The Morgan fingerprint density at radius 2 is 0.962 bits per heavy atom. The van der Waals surface area contributed by atoms with Crippen LogP contribution in [-0.4, -0.2) is 56.0 Å². The molecule has 9 heteroatoms. The first-order chi connectivity index (χ1) is 12.1. The molecule has 0 saturated carbocycles. The second-order valence-electron chi connectivity index (χ2n) is 8.17. The molecule has 2 aliphatic heterocycles. The summed E-state index contributed by atoms with van der Waals surface area (Å²) in [6.07, 6.45) is 6.26. The van der Waals surface area contributed by atoms with Crippen molar-refractivity contribution in [1.82, 2.24) is 0 Å². The van der Waals surface area contributed by atoms with Crippen LogP contribution in [0.15, 0.2) is 0 Å². The molecule has 0 N–H and O–H groups in total. The first-order valence-electron chi connectivity index (χ1n) is 9.61. The molecule has 0 bridgehead atoms. The predicted octanol–water partition coefficient (Wildman–Crippen LogP) is 6.76. The summed E-state index contributed by atoms with van der Waals surface area (Å²) in [5.41, 5.74) is 0. The van der Waals surface area contributed by atoms with Gasteiger partial charge in [0, 0.05) is 26.4 Å². The Bertz CT molecular complexity index is 246. The third-order valence-corrected chi connectivity index (χ3v) is 5.49. The van der Waals surface area contributed by atoms with Crippen molar-refractivity contribution >= 4 is 33.5 Å². The number of ether oxygens (including phenoxy) is 2. The van der Waals surface area contributed by atoms with Gasteiger partial charge in [-0.3, -0.25) is 0 Å². The van der Waals surface area contributed by atoms with E-state index in [-0.39, 0.29) is 0 Å². The van der Waals surface area contributed by atoms with Crippen molar-refractivity contribution in [3.8, 4) is 0 Å². The van der Waals surface area contributed by atoms with E-state index in [0.29, 0.717) is 0 Å². The van der Waals surface area contributed by atoms with E-state index in [1.54, 1.807) is 0 Å². The van der Waals surface area contributed by atoms with Gasteiger partial charge in [0.1, 0.15) is 0 Å². The molecule has 2 aliphatic rings. The Kier molecular flexibility index (Phi) is 23.1. The quantitative estimate of drug-likeness (QED) is 0.286. The fourth-order valence-electron chi connectivity index (χ4n) is 1.92. The molecule has 2 saturated heterocycles. The van der Waals surface area contributed by atoms with Crippen LogP contribution in [0.25, 0.3) is 9.96 Å². The van der Waals surface area contributed by atoms with Crippen LogP contribution in [0.5, 0.6) is 0 Å². The van der Waals surface area contributed by atoms with E-state index < -0.39 is 37.3 Å². The summed E-state index contributed by atoms with van der Waals surface area (Å²) in [6, 6.07) is 0. The number of hydrogen-bond acceptors (Lipinski definition) is 2. The number of nitrogens with zero attached hydrogens (tertiary/aromatic N) is 2. The van der Waals surface area contributed by atoms with Gasteiger partial charge in [0.25, 0.3) is 0 Å². The van der Waals surface area contributed by atoms with Gasteiger partial charge in [-0.05, 0) is 25.7 Å². The Hall–Kier alpha value is 1.74. The molecule has 2 heterocycles. The summed E-state index contributed by atoms with van der Waals surface area (Å²) < 4.78 is 9.89. The Morgan fingerprint density at radius 1 is 0.692 bits per heavy atom. The van der Waals surface area contributed by atoms with Crippen molar-refractivity contribution in [3.05, 3.63) is 9.96 Å². The first kappa shape index (κ1) is 29.9. The van der Waals surface area contributed by atoms with Gasteiger partial charge in [-0.25, -0.2) is 0 Å². The zero-order chi connectivity index (χ0) is 20.3. The van der Waals surface area contributed by atoms with E-state index in [2.05, 4.69) is 49.2 Å². The van der Waals surface area contributed by atoms with Crippen LogP contribution in [0, 0.1) is 0 Å². The molecular formula is C17H40Cl2N2O2Si2Zr. The fraction of sp³-hybridized carbons (Fsp3) is 1.00. The Balaban J connectivity index is 0. The van der Waals surface area contributed by atoms with E-state index in [9.17, 15) is 0 Å². The van der Waals surface area contributed by atoms with Crippen LogP contribution in [0.1, 0.15) is 32.1 Å². The predicted molar refractivity (Wildman–Crippen MR) is 120 cm³/mol. The summed E-state index contributed by atoms with van der Waals surface area (Å²) >= 11 is -0.826. The minimum absolute atomic E-state index is 0.826. The topological polar surface area (TPSA) is 46.7 Å². The molecular weight excluding hydrogens is 483 g/mol. The van der Waals surface area contributed by atoms with Crippen LogP contribution < -0.4 is 0 Å². The van der Waals surface area contributed by atoms with Gasteiger partial charge in [-0.2, -0.15) is 13.1 Å². The van der Waals surface area contributed by atoms with Crippen LogP contribution in [0.2, 0.25) is 39.3 Å². The standard InChI is InChI=1S/C9H24N2Si2.2C4H8O.2ClH.Zr/c1-12(2,3)10-8-7-9-11-13(4,5)6;2*1-2-4-5-3-1;;;/h7-9H2,1-6H3;2*1-4H2;2*1H;/q-2;;;;;+4/p-2. The van der Waals surface area contributed by atoms with Crippen LogP contribution in [0.3, 0.4) is 0 Å². The van der Waals surface area contributed by atoms with Gasteiger partial charge in [0.2, 0.25) is 0 Å². The molecule has 0 aromatic rings. The SMILES string of the molecule is C1CCOC1.C1CCOC1.C[Si](C)(C)[N-]CCC[N-][Si](C)(C)C.[Cl][Zr+2][Cl]. The fourth-order valence-corrected chi connectivity index (χ4v) is 3.58. The van der Waals surface area contributed by atoms with Gasteiger partial charge >= 0.3 is 37.9 Å². The summed E-state index contributed by atoms with van der Waals surface area (Å²) in [7, 11) is 7.55. The number of halogens is 2. The average molecular weight is 523 g/mol. The Morgan fingerprint density at radius 3 is 1.12 bits per heavy atom. The molecule has 156 valence electrons. The van der Waals surface area contributed by atoms with E-state index in [0.717, 1.165) is 45.9 Å². The molecule has 0 aromatic carbocycles. The molecule has 2 rings (SSSR count). The van der Waals surface area contributed by atoms with Crippen molar-refractivity contribution in [2.24, 2.45) is 0 Å². The molecule has 0 spiro atoms. The number of rotatable bonds is 6. The van der Waals surface area contributed by atoms with E-state index in [1.165, 1.54) is 25.7 Å². The molecule has 26 heavy (non-hydrogen) atoms. The van der Waals surface area contributed by atoms with E-state index >= 15 is 0 Å². The summed E-state index contributed by atoms with van der Waals surface area (Å²) in [5.74, 6) is 0. The second kappa shape index (κ2) is 20.0. The normalized spacial score (nSPS) is 16.3. The van der Waals surface area contributed by atoms with Crippen molar-refractivity contribution < 1.29 is 30.3 Å². The molecule has 2 fully saturated rings. The monoisotopic (exact) mass is 520 g/mol. The van der Waals surface area contributed by atoms with Gasteiger partial charge in [-0.15, -0.1) is 0 Å². The first-order valence-corrected chi connectivity index (χ1v) is 22.8. The van der Waals surface area contributed by atoms with Crippen LogP contribution in [-0.2, 0) is 30.3 Å². The van der Waals surface area contributed by atoms with Crippen molar-refractivity contribution in [3.63, 3.8) is 0 Å². The van der Waals surface area contributed by atoms with Crippen molar-refractivity contribution in [1.29, 1.82) is 0 Å². The van der Waals surface area contributed by atoms with Gasteiger partial charge in [0.05, 0.1) is 0 Å². The third kappa shape index (κ3) is 33.3. The molecule has 0 radical (unpaired) electrons. The summed E-state index contributed by atoms with van der Waals surface area (Å²) in [4.78, 5) is 9.34. The molecule has 0 unspecified atom stereocenters. The average Bonchev–Trinajstić information content (AvgIpc) is 3.24. The zero-order valence-corrected chi connectivity index (χ0v) is 23.7. The van der Waals surface area contributed by atoms with E-state index in [1.807, 2.05) is 0 Å². The van der Waals surface area contributed by atoms with Crippen molar-refractivity contribution in [2.45, 2.75) is 71.4 Å². The van der Waals surface area contributed by atoms with Gasteiger partial charge in [-0.1, -0.05) is 62.2 Å². The maximum absolute atomic E-state index is 4.94. The minimum atomic E-state index is -1.16. The zero-order valence-electron chi connectivity index (χ0n) is 17.7. The third-order valence-electron chi connectivity index (χ3n) is 3.14. The van der Waals surface area contributed by atoms with Crippen molar-refractivity contribution in [2.75, 3.05) is 39.5 Å².